The number of carbonyl (C=O) groups is 1. The van der Waals surface area contributed by atoms with Crippen LogP contribution in [0.5, 0.6) is 0 Å². The summed E-state index contributed by atoms with van der Waals surface area (Å²) in [5.41, 5.74) is -0.680. The molecule has 0 unspecified atom stereocenters. The molecule has 0 saturated carbocycles. The maximum absolute atomic E-state index is 12.4. The number of ketones is 1. The Labute approximate surface area is 140 Å². The predicted octanol–water partition coefficient (Wildman–Crippen LogP) is 4.12. The van der Waals surface area contributed by atoms with Gasteiger partial charge in [0.05, 0.1) is 25.2 Å². The molecule has 0 aliphatic carbocycles. The molecule has 0 spiro atoms. The summed E-state index contributed by atoms with van der Waals surface area (Å²) in [6.07, 6.45) is 0. The second-order valence-corrected chi connectivity index (χ2v) is 22.6. The van der Waals surface area contributed by atoms with E-state index in [1.807, 2.05) is 0 Å². The van der Waals surface area contributed by atoms with Crippen LogP contribution in [0.1, 0.15) is 6.92 Å². The van der Waals surface area contributed by atoms with E-state index >= 15 is 0 Å². The molecule has 0 amide bonds. The van der Waals surface area contributed by atoms with E-state index in [0.29, 0.717) is 19.8 Å². The fraction of sp³-hybridized carbons (Fsp3) is 0.933. The van der Waals surface area contributed by atoms with Gasteiger partial charge in [-0.25, -0.2) is 0 Å². The number of rotatable bonds is 10. The van der Waals surface area contributed by atoms with E-state index < -0.39 is 30.4 Å². The molecule has 132 valence electrons. The largest absolute Gasteiger partial charge is 0.416 e. The third kappa shape index (κ3) is 10.1. The lowest BCUT2D eigenvalue weighted by molar-refractivity contribution is -0.133. The van der Waals surface area contributed by atoms with Crippen LogP contribution in [0.2, 0.25) is 58.9 Å². The Hall–Kier alpha value is 0.201. The normalized spacial score (nSPS) is 14.3. The summed E-state index contributed by atoms with van der Waals surface area (Å²) >= 11 is 0. The van der Waals surface area contributed by atoms with E-state index in [2.05, 4.69) is 58.9 Å². The third-order valence-corrected chi connectivity index (χ3v) is 6.12. The molecule has 0 radical (unpaired) electrons. The summed E-state index contributed by atoms with van der Waals surface area (Å²) in [5.74, 6) is 0.0993. The molecule has 0 saturated heterocycles. The van der Waals surface area contributed by atoms with Crippen LogP contribution in [-0.2, 0) is 18.1 Å². The Morgan fingerprint density at radius 2 is 0.909 bits per heavy atom. The van der Waals surface area contributed by atoms with Gasteiger partial charge in [-0.2, -0.15) is 0 Å². The molecule has 0 rings (SSSR count). The van der Waals surface area contributed by atoms with Gasteiger partial charge in [-0.15, -0.1) is 0 Å². The lowest BCUT2D eigenvalue weighted by atomic mass is 9.87. The minimum Gasteiger partial charge on any atom is -0.416 e. The Morgan fingerprint density at radius 3 is 1.05 bits per heavy atom. The van der Waals surface area contributed by atoms with Gasteiger partial charge in [-0.3, -0.25) is 4.79 Å². The number of hydrogen-bond acceptors (Lipinski definition) is 4. The molecule has 7 heteroatoms. The molecule has 0 aromatic rings. The van der Waals surface area contributed by atoms with Crippen molar-refractivity contribution in [2.75, 3.05) is 19.8 Å². The minimum atomic E-state index is -1.70. The maximum Gasteiger partial charge on any atom is 0.183 e. The first-order chi connectivity index (χ1) is 9.56. The smallest absolute Gasteiger partial charge is 0.183 e. The highest BCUT2D eigenvalue weighted by Crippen LogP contribution is 2.26. The van der Waals surface area contributed by atoms with Gasteiger partial charge in [0.2, 0.25) is 0 Å². The van der Waals surface area contributed by atoms with Crippen LogP contribution in [0, 0.1) is 5.41 Å². The minimum absolute atomic E-state index is 0.0993. The SMILES string of the molecule is CC(=O)C(CO[Si](C)(C)C)(CO[Si](C)(C)C)CO[Si](C)(C)C. The summed E-state index contributed by atoms with van der Waals surface area (Å²) in [5, 5.41) is 0. The molecule has 0 bridgehead atoms. The molecule has 0 aliphatic rings. The number of carbonyl (C=O) groups excluding carboxylic acids is 1. The van der Waals surface area contributed by atoms with Gasteiger partial charge in [0.25, 0.3) is 0 Å². The zero-order chi connectivity index (χ0) is 17.8. The lowest BCUT2D eigenvalue weighted by Crippen LogP contribution is -2.49. The van der Waals surface area contributed by atoms with Crippen LogP contribution in [0.15, 0.2) is 0 Å². The molecular formula is C15H36O4Si3. The first-order valence-electron chi connectivity index (χ1n) is 7.99. The zero-order valence-corrected chi connectivity index (χ0v) is 19.3. The molecule has 0 fully saturated rings. The van der Waals surface area contributed by atoms with Gasteiger partial charge >= 0.3 is 0 Å². The fourth-order valence-electron chi connectivity index (χ4n) is 1.49. The van der Waals surface area contributed by atoms with Gasteiger partial charge in [0.1, 0.15) is 5.78 Å². The molecule has 0 atom stereocenters. The van der Waals surface area contributed by atoms with Crippen LogP contribution in [0.25, 0.3) is 0 Å². The van der Waals surface area contributed by atoms with E-state index in [1.165, 1.54) is 0 Å². The van der Waals surface area contributed by atoms with Crippen molar-refractivity contribution in [1.29, 1.82) is 0 Å². The Morgan fingerprint density at radius 1 is 0.682 bits per heavy atom. The molecular weight excluding hydrogens is 328 g/mol. The predicted molar refractivity (Wildman–Crippen MR) is 101 cm³/mol. The van der Waals surface area contributed by atoms with Crippen molar-refractivity contribution < 1.29 is 18.1 Å². The van der Waals surface area contributed by atoms with Crippen molar-refractivity contribution in [3.63, 3.8) is 0 Å². The average Bonchev–Trinajstić information content (AvgIpc) is 2.24. The highest BCUT2D eigenvalue weighted by Gasteiger charge is 2.40. The number of hydrogen-bond donors (Lipinski definition) is 0. The standard InChI is InChI=1S/C15H36O4Si3/c1-14(16)15(11-17-20(2,3)4,12-18-21(5,6)7)13-19-22(8,9)10/h11-13H2,1-10H3. The monoisotopic (exact) mass is 364 g/mol. The molecule has 22 heavy (non-hydrogen) atoms. The van der Waals surface area contributed by atoms with E-state index in [0.717, 1.165) is 0 Å². The van der Waals surface area contributed by atoms with Crippen LogP contribution < -0.4 is 0 Å². The van der Waals surface area contributed by atoms with E-state index in [1.54, 1.807) is 6.92 Å². The van der Waals surface area contributed by atoms with Gasteiger partial charge < -0.3 is 13.3 Å². The summed E-state index contributed by atoms with van der Waals surface area (Å²) in [6.45, 7) is 22.0. The van der Waals surface area contributed by atoms with Crippen LogP contribution in [0.3, 0.4) is 0 Å². The summed E-state index contributed by atoms with van der Waals surface area (Å²) in [7, 11) is -5.11. The van der Waals surface area contributed by atoms with E-state index in [-0.39, 0.29) is 5.78 Å². The molecule has 0 aromatic carbocycles. The highest BCUT2D eigenvalue weighted by molar-refractivity contribution is 6.70. The summed E-state index contributed by atoms with van der Waals surface area (Å²) in [6, 6.07) is 0. The van der Waals surface area contributed by atoms with Crippen molar-refractivity contribution >= 4 is 30.7 Å². The number of Topliss-reactive ketones (excluding diaryl/α,β-unsaturated/α-hetero) is 1. The highest BCUT2D eigenvalue weighted by atomic mass is 28.4. The van der Waals surface area contributed by atoms with E-state index in [4.69, 9.17) is 13.3 Å². The third-order valence-electron chi connectivity index (χ3n) is 3.09. The van der Waals surface area contributed by atoms with Crippen LogP contribution in [0.4, 0.5) is 0 Å². The van der Waals surface area contributed by atoms with Gasteiger partial charge in [-0.05, 0) is 65.8 Å². The van der Waals surface area contributed by atoms with Crippen molar-refractivity contribution in [3.8, 4) is 0 Å². The first-order valence-corrected chi connectivity index (χ1v) is 18.2. The van der Waals surface area contributed by atoms with Gasteiger partial charge in [0, 0.05) is 0 Å². The lowest BCUT2D eigenvalue weighted by Gasteiger charge is -2.37. The van der Waals surface area contributed by atoms with Crippen molar-refractivity contribution in [2.24, 2.45) is 5.41 Å². The molecule has 0 aliphatic heterocycles. The summed E-state index contributed by atoms with van der Waals surface area (Å²) in [4.78, 5) is 12.4. The maximum atomic E-state index is 12.4. The molecule has 0 N–H and O–H groups in total. The average molecular weight is 365 g/mol. The second kappa shape index (κ2) is 7.85. The van der Waals surface area contributed by atoms with Crippen LogP contribution in [-0.4, -0.2) is 50.6 Å². The van der Waals surface area contributed by atoms with Crippen molar-refractivity contribution in [1.82, 2.24) is 0 Å². The Balaban J connectivity index is 5.22. The molecule has 0 heterocycles. The molecule has 0 aromatic heterocycles. The molecule has 4 nitrogen and oxygen atoms in total. The van der Waals surface area contributed by atoms with Crippen molar-refractivity contribution in [2.45, 2.75) is 65.8 Å². The first kappa shape index (κ1) is 22.2. The van der Waals surface area contributed by atoms with Crippen molar-refractivity contribution in [3.05, 3.63) is 0 Å². The quantitative estimate of drug-likeness (QED) is 0.547. The Bertz CT molecular complexity index is 319. The fourth-order valence-corrected chi connectivity index (χ4v) is 3.62. The van der Waals surface area contributed by atoms with Crippen LogP contribution >= 0.6 is 0 Å². The second-order valence-electron chi connectivity index (χ2n) is 9.04. The van der Waals surface area contributed by atoms with E-state index in [9.17, 15) is 4.79 Å². The van der Waals surface area contributed by atoms with Gasteiger partial charge in [-0.1, -0.05) is 0 Å². The topological polar surface area (TPSA) is 44.8 Å². The van der Waals surface area contributed by atoms with Gasteiger partial charge in [0.15, 0.2) is 25.0 Å². The zero-order valence-electron chi connectivity index (χ0n) is 16.3. The summed E-state index contributed by atoms with van der Waals surface area (Å²) < 4.78 is 18.2. The Kier molecular flexibility index (Phi) is 7.92.